The van der Waals surface area contributed by atoms with E-state index in [1.807, 2.05) is 59.6 Å². The van der Waals surface area contributed by atoms with Crippen LogP contribution in [0.5, 0.6) is 0 Å². The van der Waals surface area contributed by atoms with E-state index >= 15 is 0 Å². The first-order valence-corrected chi connectivity index (χ1v) is 10.5. The number of hydrogen-bond donors (Lipinski definition) is 2. The minimum absolute atomic E-state index is 0.0869. The number of halogens is 1. The summed E-state index contributed by atoms with van der Waals surface area (Å²) in [5.41, 5.74) is 3.78. The third kappa shape index (κ3) is 3.66. The van der Waals surface area contributed by atoms with Gasteiger partial charge in [-0.25, -0.2) is 0 Å². The Hall–Kier alpha value is -3.25. The maximum absolute atomic E-state index is 13.0. The monoisotopic (exact) mass is 419 g/mol. The van der Waals surface area contributed by atoms with Crippen LogP contribution in [-0.4, -0.2) is 52.2 Å². The molecule has 152 valence electrons. The van der Waals surface area contributed by atoms with E-state index in [0.717, 1.165) is 59.6 Å². The highest BCUT2D eigenvalue weighted by atomic mass is 35.5. The summed E-state index contributed by atoms with van der Waals surface area (Å²) in [6.45, 7) is 3.04. The molecule has 0 spiro atoms. The van der Waals surface area contributed by atoms with Crippen LogP contribution in [0, 0.1) is 0 Å². The first kappa shape index (κ1) is 18.8. The Bertz CT molecular complexity index is 1180. The van der Waals surface area contributed by atoms with Gasteiger partial charge in [0.1, 0.15) is 0 Å². The Morgan fingerprint density at radius 3 is 2.70 bits per heavy atom. The van der Waals surface area contributed by atoms with Crippen LogP contribution < -0.4 is 4.90 Å². The predicted molar refractivity (Wildman–Crippen MR) is 120 cm³/mol. The molecule has 2 N–H and O–H groups in total. The molecule has 1 aliphatic rings. The molecule has 0 unspecified atom stereocenters. The van der Waals surface area contributed by atoms with Crippen molar-refractivity contribution in [2.75, 3.05) is 31.1 Å². The molecule has 6 nitrogen and oxygen atoms in total. The summed E-state index contributed by atoms with van der Waals surface area (Å²) < 4.78 is 0. The SMILES string of the molecule is O=C(c1ccc2[nH]ccc2c1)N1CCCN(c2cc(-c3ccc(Cl)cc3)[nH]n2)CC1. The number of H-pyrrole nitrogens is 2. The van der Waals surface area contributed by atoms with Crippen LogP contribution in [-0.2, 0) is 0 Å². The average molecular weight is 420 g/mol. The first-order chi connectivity index (χ1) is 14.7. The number of benzene rings is 2. The van der Waals surface area contributed by atoms with Crippen molar-refractivity contribution in [3.05, 3.63) is 71.4 Å². The fraction of sp³-hybridized carbons (Fsp3) is 0.217. The lowest BCUT2D eigenvalue weighted by atomic mass is 10.1. The summed E-state index contributed by atoms with van der Waals surface area (Å²) in [7, 11) is 0. The van der Waals surface area contributed by atoms with Crippen LogP contribution in [0.4, 0.5) is 5.82 Å². The van der Waals surface area contributed by atoms with E-state index < -0.39 is 0 Å². The fourth-order valence-corrected chi connectivity index (χ4v) is 4.10. The van der Waals surface area contributed by atoms with Gasteiger partial charge in [0.25, 0.3) is 5.91 Å². The molecular formula is C23H22ClN5O. The van der Waals surface area contributed by atoms with Crippen molar-refractivity contribution in [1.82, 2.24) is 20.1 Å². The van der Waals surface area contributed by atoms with E-state index in [9.17, 15) is 4.79 Å². The number of carbonyl (C=O) groups excluding carboxylic acids is 1. The number of anilines is 1. The summed E-state index contributed by atoms with van der Waals surface area (Å²) in [4.78, 5) is 20.4. The van der Waals surface area contributed by atoms with Gasteiger partial charge in [0.05, 0.1) is 5.69 Å². The number of aromatic amines is 2. The van der Waals surface area contributed by atoms with Crippen molar-refractivity contribution in [3.8, 4) is 11.3 Å². The first-order valence-electron chi connectivity index (χ1n) is 10.1. The molecule has 1 aliphatic heterocycles. The number of nitrogens with zero attached hydrogens (tertiary/aromatic N) is 3. The Morgan fingerprint density at radius 2 is 1.83 bits per heavy atom. The van der Waals surface area contributed by atoms with Gasteiger partial charge in [-0.2, -0.15) is 5.10 Å². The third-order valence-corrected chi connectivity index (χ3v) is 5.88. The third-order valence-electron chi connectivity index (χ3n) is 5.63. The standard InChI is InChI=1S/C23H22ClN5O/c24-19-5-2-16(3-6-19)21-15-22(27-26-21)28-10-1-11-29(13-12-28)23(30)18-4-7-20-17(14-18)8-9-25-20/h2-9,14-15,25H,1,10-13H2,(H,26,27). The van der Waals surface area contributed by atoms with Crippen LogP contribution in [0.2, 0.25) is 5.02 Å². The van der Waals surface area contributed by atoms with E-state index in [4.69, 9.17) is 11.6 Å². The lowest BCUT2D eigenvalue weighted by Gasteiger charge is -2.22. The van der Waals surface area contributed by atoms with Crippen molar-refractivity contribution in [2.45, 2.75) is 6.42 Å². The van der Waals surface area contributed by atoms with Crippen LogP contribution >= 0.6 is 11.6 Å². The molecule has 3 heterocycles. The number of amides is 1. The summed E-state index contributed by atoms with van der Waals surface area (Å²) in [6.07, 6.45) is 2.80. The zero-order valence-corrected chi connectivity index (χ0v) is 17.2. The minimum atomic E-state index is 0.0869. The predicted octanol–water partition coefficient (Wildman–Crippen LogP) is 4.56. The van der Waals surface area contributed by atoms with Gasteiger partial charge >= 0.3 is 0 Å². The normalized spacial score (nSPS) is 14.8. The largest absolute Gasteiger partial charge is 0.361 e. The molecule has 30 heavy (non-hydrogen) atoms. The van der Waals surface area contributed by atoms with Gasteiger partial charge in [-0.05, 0) is 48.4 Å². The smallest absolute Gasteiger partial charge is 0.253 e. The van der Waals surface area contributed by atoms with Gasteiger partial charge in [-0.1, -0.05) is 23.7 Å². The van der Waals surface area contributed by atoms with Gasteiger partial charge in [0.2, 0.25) is 0 Å². The second-order valence-electron chi connectivity index (χ2n) is 7.56. The number of carbonyl (C=O) groups is 1. The fourth-order valence-electron chi connectivity index (χ4n) is 3.97. The molecule has 2 aromatic heterocycles. The Balaban J connectivity index is 1.28. The number of aromatic nitrogens is 3. The summed E-state index contributed by atoms with van der Waals surface area (Å²) >= 11 is 5.98. The van der Waals surface area contributed by atoms with Gasteiger partial charge < -0.3 is 14.8 Å². The Labute approximate surface area is 179 Å². The molecule has 0 saturated carbocycles. The van der Waals surface area contributed by atoms with Crippen molar-refractivity contribution in [2.24, 2.45) is 0 Å². The number of rotatable bonds is 3. The van der Waals surface area contributed by atoms with Crippen molar-refractivity contribution in [3.63, 3.8) is 0 Å². The van der Waals surface area contributed by atoms with E-state index in [2.05, 4.69) is 26.1 Å². The van der Waals surface area contributed by atoms with Gasteiger partial charge in [-0.15, -0.1) is 0 Å². The molecule has 1 fully saturated rings. The van der Waals surface area contributed by atoms with Crippen molar-refractivity contribution in [1.29, 1.82) is 0 Å². The molecule has 2 aromatic carbocycles. The maximum atomic E-state index is 13.0. The molecule has 7 heteroatoms. The van der Waals surface area contributed by atoms with Gasteiger partial charge in [0.15, 0.2) is 5.82 Å². The average Bonchev–Trinajstić information content (AvgIpc) is 3.38. The Morgan fingerprint density at radius 1 is 0.967 bits per heavy atom. The molecule has 4 aromatic rings. The highest BCUT2D eigenvalue weighted by Crippen LogP contribution is 2.24. The summed E-state index contributed by atoms with van der Waals surface area (Å²) in [5.74, 6) is 0.992. The number of fused-ring (bicyclic) bond motifs is 1. The van der Waals surface area contributed by atoms with Crippen LogP contribution in [0.15, 0.2) is 60.8 Å². The molecule has 1 saturated heterocycles. The van der Waals surface area contributed by atoms with Crippen molar-refractivity contribution < 1.29 is 4.79 Å². The second kappa shape index (κ2) is 7.88. The molecule has 0 bridgehead atoms. The van der Waals surface area contributed by atoms with E-state index in [0.29, 0.717) is 11.6 Å². The van der Waals surface area contributed by atoms with Crippen LogP contribution in [0.25, 0.3) is 22.2 Å². The van der Waals surface area contributed by atoms with Crippen LogP contribution in [0.3, 0.4) is 0 Å². The minimum Gasteiger partial charge on any atom is -0.361 e. The zero-order valence-electron chi connectivity index (χ0n) is 16.4. The molecular weight excluding hydrogens is 398 g/mol. The summed E-state index contributed by atoms with van der Waals surface area (Å²) in [6, 6.07) is 17.6. The van der Waals surface area contributed by atoms with E-state index in [1.54, 1.807) is 0 Å². The van der Waals surface area contributed by atoms with Crippen molar-refractivity contribution >= 4 is 34.2 Å². The lowest BCUT2D eigenvalue weighted by Crippen LogP contribution is -2.35. The van der Waals surface area contributed by atoms with Gasteiger partial charge in [-0.3, -0.25) is 9.89 Å². The van der Waals surface area contributed by atoms with Gasteiger partial charge in [0, 0.05) is 59.9 Å². The second-order valence-corrected chi connectivity index (χ2v) is 8.00. The molecule has 5 rings (SSSR count). The number of nitrogens with one attached hydrogen (secondary N) is 2. The van der Waals surface area contributed by atoms with E-state index in [1.165, 1.54) is 0 Å². The van der Waals surface area contributed by atoms with Crippen LogP contribution in [0.1, 0.15) is 16.8 Å². The molecule has 1 amide bonds. The topological polar surface area (TPSA) is 68.0 Å². The maximum Gasteiger partial charge on any atom is 0.253 e. The van der Waals surface area contributed by atoms with E-state index in [-0.39, 0.29) is 5.91 Å². The molecule has 0 radical (unpaired) electrons. The molecule has 0 aliphatic carbocycles. The highest BCUT2D eigenvalue weighted by Gasteiger charge is 2.22. The summed E-state index contributed by atoms with van der Waals surface area (Å²) in [5, 5.41) is 9.39. The number of hydrogen-bond acceptors (Lipinski definition) is 3. The quantitative estimate of drug-likeness (QED) is 0.511. The highest BCUT2D eigenvalue weighted by molar-refractivity contribution is 6.30. The lowest BCUT2D eigenvalue weighted by molar-refractivity contribution is 0.0767. The zero-order chi connectivity index (χ0) is 20.5. The molecule has 0 atom stereocenters. The Kier molecular flexibility index (Phi) is 4.93.